The number of nitrogens with two attached hydrogens (primary N) is 1. The molecule has 0 bridgehead atoms. The van der Waals surface area contributed by atoms with Crippen LogP contribution in [0.15, 0.2) is 0 Å². The van der Waals surface area contributed by atoms with Crippen molar-refractivity contribution in [2.45, 2.75) is 179 Å². The molecule has 20 nitrogen and oxygen atoms in total. The minimum atomic E-state index is -1.69. The summed E-state index contributed by atoms with van der Waals surface area (Å²) in [5.74, 6) is -7.98. The van der Waals surface area contributed by atoms with Crippen molar-refractivity contribution in [1.82, 2.24) is 36.8 Å². The monoisotopic (exact) mass is 882 g/mol. The highest BCUT2D eigenvalue weighted by Gasteiger charge is 2.35. The van der Waals surface area contributed by atoms with Crippen molar-refractivity contribution in [3.05, 3.63) is 0 Å². The zero-order valence-electron chi connectivity index (χ0n) is 37.1. The van der Waals surface area contributed by atoms with E-state index in [1.54, 1.807) is 13.8 Å². The predicted molar refractivity (Wildman–Crippen MR) is 231 cm³/mol. The Morgan fingerprint density at radius 2 is 1.24 bits per heavy atom. The quantitative estimate of drug-likeness (QED) is 0.0248. The molecule has 0 spiro atoms. The highest BCUT2D eigenvalue weighted by Crippen LogP contribution is 2.20. The van der Waals surface area contributed by atoms with Gasteiger partial charge in [0.05, 0.1) is 19.6 Å². The molecule has 1 fully saturated rings. The SMILES string of the molecule is CCCCCCCCCCCCCCCC(=O)N1CCC[C@@H]1C(=O)NCC(=O)N[C@@H](CC(=O)O)C(=O)N[C@@H](CC(C)C)C(=O)N[C@@H](CO)C(=O)N[C@@H](CCCNC(=N)N)C(=O)O. The lowest BCUT2D eigenvalue weighted by Crippen LogP contribution is -2.59. The first-order valence-corrected chi connectivity index (χ1v) is 22.4. The van der Waals surface area contributed by atoms with Gasteiger partial charge < -0.3 is 57.9 Å². The maximum Gasteiger partial charge on any atom is 0.326 e. The van der Waals surface area contributed by atoms with Crippen molar-refractivity contribution in [1.29, 1.82) is 5.41 Å². The van der Waals surface area contributed by atoms with E-state index in [1.807, 2.05) is 0 Å². The normalized spacial score (nSPS) is 15.4. The highest BCUT2D eigenvalue weighted by molar-refractivity contribution is 5.97. The summed E-state index contributed by atoms with van der Waals surface area (Å²) >= 11 is 0. The summed E-state index contributed by atoms with van der Waals surface area (Å²) in [5, 5.41) is 50.3. The van der Waals surface area contributed by atoms with E-state index < -0.39 is 91.3 Å². The van der Waals surface area contributed by atoms with Gasteiger partial charge in [-0.1, -0.05) is 97.8 Å². The Hall–Kier alpha value is -5.01. The van der Waals surface area contributed by atoms with Gasteiger partial charge in [-0.05, 0) is 44.4 Å². The topological polar surface area (TPSA) is 323 Å². The van der Waals surface area contributed by atoms with Crippen LogP contribution in [0.25, 0.3) is 0 Å². The molecular weight excluding hydrogens is 807 g/mol. The molecule has 6 amide bonds. The molecule has 5 atom stereocenters. The van der Waals surface area contributed by atoms with E-state index in [2.05, 4.69) is 38.8 Å². The molecule has 20 heteroatoms. The van der Waals surface area contributed by atoms with Gasteiger partial charge in [-0.3, -0.25) is 39.0 Å². The van der Waals surface area contributed by atoms with Crippen LogP contribution in [-0.2, 0) is 38.4 Å². The Morgan fingerprint density at radius 3 is 1.77 bits per heavy atom. The molecule has 1 aliphatic heterocycles. The van der Waals surface area contributed by atoms with Crippen LogP contribution in [0.4, 0.5) is 0 Å². The number of carbonyl (C=O) groups is 8. The zero-order chi connectivity index (χ0) is 46.5. The maximum atomic E-state index is 13.4. The number of carbonyl (C=O) groups excluding carboxylic acids is 6. The molecule has 0 aliphatic carbocycles. The van der Waals surface area contributed by atoms with Gasteiger partial charge in [-0.15, -0.1) is 0 Å². The summed E-state index contributed by atoms with van der Waals surface area (Å²) < 4.78 is 0. The van der Waals surface area contributed by atoms with Gasteiger partial charge in [-0.2, -0.15) is 0 Å². The van der Waals surface area contributed by atoms with Crippen LogP contribution in [0.1, 0.15) is 149 Å². The number of aliphatic hydroxyl groups is 1. The van der Waals surface area contributed by atoms with Gasteiger partial charge in [0, 0.05) is 19.5 Å². The number of aliphatic carboxylic acids is 2. The van der Waals surface area contributed by atoms with E-state index in [4.69, 9.17) is 11.1 Å². The summed E-state index contributed by atoms with van der Waals surface area (Å²) in [7, 11) is 0. The molecular formula is C42H75N9O11. The predicted octanol–water partition coefficient (Wildman–Crippen LogP) is 1.38. The number of aliphatic hydroxyl groups excluding tert-OH is 1. The summed E-state index contributed by atoms with van der Waals surface area (Å²) in [6, 6.07) is -6.86. The van der Waals surface area contributed by atoms with Gasteiger partial charge >= 0.3 is 11.9 Å². The van der Waals surface area contributed by atoms with E-state index in [9.17, 15) is 53.7 Å². The van der Waals surface area contributed by atoms with Crippen molar-refractivity contribution < 1.29 is 53.7 Å². The van der Waals surface area contributed by atoms with Crippen LogP contribution in [0, 0.1) is 11.3 Å². The highest BCUT2D eigenvalue weighted by atomic mass is 16.4. The van der Waals surface area contributed by atoms with E-state index in [0.29, 0.717) is 25.8 Å². The van der Waals surface area contributed by atoms with Crippen molar-refractivity contribution in [2.75, 3.05) is 26.2 Å². The summed E-state index contributed by atoms with van der Waals surface area (Å²) in [6.45, 7) is 4.69. The van der Waals surface area contributed by atoms with Crippen LogP contribution in [0.2, 0.25) is 0 Å². The fraction of sp³-hybridized carbons (Fsp3) is 0.786. The van der Waals surface area contributed by atoms with Crippen molar-refractivity contribution in [2.24, 2.45) is 11.7 Å². The number of carboxylic acid groups (broad SMARTS) is 2. The number of carboxylic acids is 2. The minimum absolute atomic E-state index is 0.0159. The fourth-order valence-electron chi connectivity index (χ4n) is 7.19. The Morgan fingerprint density at radius 1 is 0.710 bits per heavy atom. The van der Waals surface area contributed by atoms with Gasteiger partial charge in [0.1, 0.15) is 30.2 Å². The molecule has 0 radical (unpaired) electrons. The molecule has 62 heavy (non-hydrogen) atoms. The Bertz CT molecular complexity index is 1450. The lowest BCUT2D eigenvalue weighted by atomic mass is 10.0. The van der Waals surface area contributed by atoms with E-state index in [1.165, 1.54) is 62.7 Å². The second-order valence-electron chi connectivity index (χ2n) is 16.5. The average molecular weight is 882 g/mol. The fourth-order valence-corrected chi connectivity index (χ4v) is 7.19. The van der Waals surface area contributed by atoms with Gasteiger partial charge in [0.15, 0.2) is 5.96 Å². The van der Waals surface area contributed by atoms with Gasteiger partial charge in [0.2, 0.25) is 35.4 Å². The van der Waals surface area contributed by atoms with Crippen molar-refractivity contribution in [3.63, 3.8) is 0 Å². The molecule has 354 valence electrons. The molecule has 1 rings (SSSR count). The molecule has 1 heterocycles. The molecule has 1 aliphatic rings. The molecule has 0 unspecified atom stereocenters. The summed E-state index contributed by atoms with van der Waals surface area (Å²) in [4.78, 5) is 104. The number of amides is 6. The number of hydrogen-bond donors (Lipinski definition) is 11. The molecule has 12 N–H and O–H groups in total. The van der Waals surface area contributed by atoms with E-state index >= 15 is 0 Å². The largest absolute Gasteiger partial charge is 0.481 e. The van der Waals surface area contributed by atoms with Crippen molar-refractivity contribution in [3.8, 4) is 0 Å². The minimum Gasteiger partial charge on any atom is -0.481 e. The number of unbranched alkanes of at least 4 members (excludes halogenated alkanes) is 12. The van der Waals surface area contributed by atoms with Crippen LogP contribution >= 0.6 is 0 Å². The number of hydrogen-bond acceptors (Lipinski definition) is 10. The maximum absolute atomic E-state index is 13.4. The Kier molecular flexibility index (Phi) is 28.2. The van der Waals surface area contributed by atoms with Gasteiger partial charge in [-0.25, -0.2) is 4.79 Å². The molecule has 1 saturated heterocycles. The molecule has 0 saturated carbocycles. The third-order valence-corrected chi connectivity index (χ3v) is 10.6. The Balaban J connectivity index is 2.71. The van der Waals surface area contributed by atoms with Gasteiger partial charge in [0.25, 0.3) is 0 Å². The standard InChI is InChI=1S/C42H75N9O11/c1-4-5-6-7-8-9-10-11-12-13-14-15-16-21-35(54)51-23-18-20-33(51)40(60)46-26-34(53)47-31(25-36(55)56)38(58)49-30(24-28(2)3)37(57)50-32(27-52)39(59)48-29(41(61)62)19-17-22-45-42(43)44/h28-33,52H,4-27H2,1-3H3,(H,46,60)(H,47,53)(H,48,59)(H,49,58)(H,50,57)(H,55,56)(H,61,62)(H4,43,44,45)/t29-,30-,31-,32-,33+/m0/s1. The molecule has 0 aromatic rings. The smallest absolute Gasteiger partial charge is 0.326 e. The second kappa shape index (κ2) is 31.8. The number of guanidine groups is 1. The number of nitrogens with zero attached hydrogens (tertiary/aromatic N) is 1. The van der Waals surface area contributed by atoms with Crippen LogP contribution in [0.5, 0.6) is 0 Å². The third-order valence-electron chi connectivity index (χ3n) is 10.6. The number of likely N-dealkylation sites (tertiary alicyclic amines) is 1. The van der Waals surface area contributed by atoms with Crippen LogP contribution in [0.3, 0.4) is 0 Å². The molecule has 0 aromatic heterocycles. The van der Waals surface area contributed by atoms with E-state index in [0.717, 1.165) is 25.7 Å². The van der Waals surface area contributed by atoms with Crippen LogP contribution < -0.4 is 37.6 Å². The second-order valence-corrected chi connectivity index (χ2v) is 16.5. The lowest BCUT2D eigenvalue weighted by Gasteiger charge is -2.26. The number of nitrogens with one attached hydrogen (secondary N) is 7. The number of rotatable bonds is 34. The first-order valence-electron chi connectivity index (χ1n) is 22.4. The van der Waals surface area contributed by atoms with Crippen LogP contribution in [-0.4, -0.2) is 130 Å². The average Bonchev–Trinajstić information content (AvgIpc) is 3.71. The van der Waals surface area contributed by atoms with E-state index in [-0.39, 0.29) is 43.6 Å². The summed E-state index contributed by atoms with van der Waals surface area (Å²) in [5.41, 5.74) is 5.21. The lowest BCUT2D eigenvalue weighted by molar-refractivity contribution is -0.142. The first-order chi connectivity index (χ1) is 29.5. The molecule has 0 aromatic carbocycles. The summed E-state index contributed by atoms with van der Waals surface area (Å²) in [6.07, 6.45) is 16.0. The third kappa shape index (κ3) is 23.8. The first kappa shape index (κ1) is 55.0. The van der Waals surface area contributed by atoms with Crippen molar-refractivity contribution >= 4 is 53.3 Å². The Labute approximate surface area is 365 Å². The zero-order valence-corrected chi connectivity index (χ0v) is 37.1.